The van der Waals surface area contributed by atoms with Gasteiger partial charge in [-0.05, 0) is 49.4 Å². The van der Waals surface area contributed by atoms with E-state index in [1.165, 1.54) is 70.5 Å². The van der Waals surface area contributed by atoms with E-state index < -0.39 is 27.9 Å². The average Bonchev–Trinajstić information content (AvgIpc) is 2.76. The molecular formula is C20H24N4O7S. The van der Waals surface area contributed by atoms with Gasteiger partial charge < -0.3 is 14.8 Å². The van der Waals surface area contributed by atoms with Crippen LogP contribution in [0.25, 0.3) is 0 Å². The number of hydrogen-bond acceptors (Lipinski definition) is 7. The number of carbonyl (C=O) groups is 3. The van der Waals surface area contributed by atoms with Crippen molar-refractivity contribution in [2.75, 3.05) is 19.5 Å². The number of hydrogen-bond donors (Lipinski definition) is 4. The first-order chi connectivity index (χ1) is 15.1. The smallest absolute Gasteiger partial charge is 0.269 e. The molecule has 0 heterocycles. The number of rotatable bonds is 8. The number of amides is 3. The third-order valence-electron chi connectivity index (χ3n) is 4.16. The molecule has 0 unspecified atom stereocenters. The van der Waals surface area contributed by atoms with E-state index in [0.29, 0.717) is 17.2 Å². The topological polar surface area (TPSA) is 152 Å². The molecule has 1 atom stereocenters. The molecule has 0 aliphatic rings. The van der Waals surface area contributed by atoms with Crippen molar-refractivity contribution >= 4 is 33.4 Å². The lowest BCUT2D eigenvalue weighted by Crippen LogP contribution is -2.51. The van der Waals surface area contributed by atoms with Crippen LogP contribution in [0, 0.1) is 0 Å². The van der Waals surface area contributed by atoms with E-state index in [1.54, 1.807) is 0 Å². The predicted molar refractivity (Wildman–Crippen MR) is 116 cm³/mol. The van der Waals surface area contributed by atoms with Crippen LogP contribution in [-0.2, 0) is 19.6 Å². The Labute approximate surface area is 185 Å². The highest BCUT2D eigenvalue weighted by Gasteiger charge is 2.22. The first-order valence-electron chi connectivity index (χ1n) is 9.29. The third-order valence-corrected chi connectivity index (χ3v) is 5.71. The van der Waals surface area contributed by atoms with E-state index in [9.17, 15) is 22.8 Å². The van der Waals surface area contributed by atoms with E-state index in [1.807, 2.05) is 0 Å². The summed E-state index contributed by atoms with van der Waals surface area (Å²) in [6.45, 7) is 2.65. The molecule has 0 saturated heterocycles. The molecule has 0 bridgehead atoms. The number of benzene rings is 2. The molecule has 0 aromatic heterocycles. The summed E-state index contributed by atoms with van der Waals surface area (Å²) in [5.74, 6) is -0.947. The maximum Gasteiger partial charge on any atom is 0.269 e. The van der Waals surface area contributed by atoms with E-state index in [4.69, 9.17) is 9.47 Å². The van der Waals surface area contributed by atoms with Crippen LogP contribution in [-0.4, -0.2) is 46.4 Å². The van der Waals surface area contributed by atoms with Gasteiger partial charge in [-0.15, -0.1) is 0 Å². The molecule has 0 aliphatic carbocycles. The molecule has 0 saturated carbocycles. The minimum absolute atomic E-state index is 0.0967. The van der Waals surface area contributed by atoms with Crippen LogP contribution in [0.15, 0.2) is 47.4 Å². The van der Waals surface area contributed by atoms with Gasteiger partial charge in [0.1, 0.15) is 0 Å². The summed E-state index contributed by atoms with van der Waals surface area (Å²) in [7, 11) is -1.15. The number of methoxy groups -OCH3 is 2. The van der Waals surface area contributed by atoms with Crippen molar-refractivity contribution in [3.63, 3.8) is 0 Å². The standard InChI is InChI=1S/C20H24N4O7S/c1-12(24-32(28,29)16-8-6-15(7-9-16)21-13(2)25)19(26)22-23-20(27)14-5-10-17(30-3)18(11-14)31-4/h5-12,24H,1-4H3,(H,21,25)(H,22,26)(H,23,27)/t12-/m0/s1. The molecular weight excluding hydrogens is 440 g/mol. The summed E-state index contributed by atoms with van der Waals surface area (Å²) in [6.07, 6.45) is 0. The van der Waals surface area contributed by atoms with Crippen molar-refractivity contribution in [3.8, 4) is 11.5 Å². The van der Waals surface area contributed by atoms with Gasteiger partial charge in [0, 0.05) is 18.2 Å². The van der Waals surface area contributed by atoms with Gasteiger partial charge in [0.05, 0.1) is 25.2 Å². The molecule has 32 heavy (non-hydrogen) atoms. The van der Waals surface area contributed by atoms with Crippen molar-refractivity contribution in [2.24, 2.45) is 0 Å². The zero-order chi connectivity index (χ0) is 23.9. The molecule has 12 heteroatoms. The van der Waals surface area contributed by atoms with E-state index >= 15 is 0 Å². The molecule has 2 aromatic rings. The van der Waals surface area contributed by atoms with Gasteiger partial charge in [0.2, 0.25) is 15.9 Å². The van der Waals surface area contributed by atoms with Crippen molar-refractivity contribution in [1.82, 2.24) is 15.6 Å². The Kier molecular flexibility index (Phi) is 8.15. The number of carbonyl (C=O) groups excluding carboxylic acids is 3. The molecule has 0 spiro atoms. The van der Waals surface area contributed by atoms with Crippen LogP contribution >= 0.6 is 0 Å². The lowest BCUT2D eigenvalue weighted by molar-refractivity contribution is -0.123. The number of hydrazine groups is 1. The second-order valence-electron chi connectivity index (χ2n) is 6.56. The van der Waals surface area contributed by atoms with Crippen LogP contribution in [0.5, 0.6) is 11.5 Å². The Hall–Kier alpha value is -3.64. The quantitative estimate of drug-likeness (QED) is 0.422. The lowest BCUT2D eigenvalue weighted by Gasteiger charge is -2.15. The fourth-order valence-electron chi connectivity index (χ4n) is 2.55. The highest BCUT2D eigenvalue weighted by Crippen LogP contribution is 2.27. The maximum atomic E-state index is 12.5. The summed E-state index contributed by atoms with van der Waals surface area (Å²) in [5.41, 5.74) is 5.00. The molecule has 4 N–H and O–H groups in total. The largest absolute Gasteiger partial charge is 0.493 e. The Morgan fingerprint density at radius 2 is 1.53 bits per heavy atom. The van der Waals surface area contributed by atoms with Crippen molar-refractivity contribution in [3.05, 3.63) is 48.0 Å². The molecule has 0 fully saturated rings. The zero-order valence-electron chi connectivity index (χ0n) is 17.9. The molecule has 11 nitrogen and oxygen atoms in total. The number of nitrogens with one attached hydrogen (secondary N) is 4. The van der Waals surface area contributed by atoms with Crippen LogP contribution < -0.4 is 30.4 Å². The number of anilines is 1. The highest BCUT2D eigenvalue weighted by molar-refractivity contribution is 7.89. The second-order valence-corrected chi connectivity index (χ2v) is 8.28. The molecule has 172 valence electrons. The van der Waals surface area contributed by atoms with Gasteiger partial charge in [-0.3, -0.25) is 25.2 Å². The molecule has 0 radical (unpaired) electrons. The Morgan fingerprint density at radius 3 is 2.09 bits per heavy atom. The Balaban J connectivity index is 1.97. The number of sulfonamides is 1. The van der Waals surface area contributed by atoms with Crippen LogP contribution in [0.1, 0.15) is 24.2 Å². The highest BCUT2D eigenvalue weighted by atomic mass is 32.2. The van der Waals surface area contributed by atoms with Crippen molar-refractivity contribution < 1.29 is 32.3 Å². The molecule has 3 amide bonds. The van der Waals surface area contributed by atoms with Gasteiger partial charge in [-0.25, -0.2) is 8.42 Å². The SMILES string of the molecule is COc1ccc(C(=O)NNC(=O)[C@H](C)NS(=O)(=O)c2ccc(NC(C)=O)cc2)cc1OC. The average molecular weight is 465 g/mol. The molecule has 2 rings (SSSR count). The Morgan fingerprint density at radius 1 is 0.906 bits per heavy atom. The van der Waals surface area contributed by atoms with Gasteiger partial charge in [-0.1, -0.05) is 0 Å². The summed E-state index contributed by atoms with van der Waals surface area (Å²) >= 11 is 0. The predicted octanol–water partition coefficient (Wildman–Crippen LogP) is 0.790. The van der Waals surface area contributed by atoms with Gasteiger partial charge >= 0.3 is 0 Å². The normalized spacial score (nSPS) is 11.8. The fourth-order valence-corrected chi connectivity index (χ4v) is 3.75. The third kappa shape index (κ3) is 6.43. The zero-order valence-corrected chi connectivity index (χ0v) is 18.7. The van der Waals surface area contributed by atoms with E-state index in [-0.39, 0.29) is 16.4 Å². The van der Waals surface area contributed by atoms with Crippen molar-refractivity contribution in [1.29, 1.82) is 0 Å². The van der Waals surface area contributed by atoms with Crippen LogP contribution in [0.4, 0.5) is 5.69 Å². The summed E-state index contributed by atoms with van der Waals surface area (Å²) < 4.78 is 37.4. The monoisotopic (exact) mass is 464 g/mol. The Bertz CT molecular complexity index is 1100. The van der Waals surface area contributed by atoms with Crippen molar-refractivity contribution in [2.45, 2.75) is 24.8 Å². The fraction of sp³-hybridized carbons (Fsp3) is 0.250. The minimum Gasteiger partial charge on any atom is -0.493 e. The lowest BCUT2D eigenvalue weighted by atomic mass is 10.2. The summed E-state index contributed by atoms with van der Waals surface area (Å²) in [5, 5.41) is 2.52. The van der Waals surface area contributed by atoms with Gasteiger partial charge in [0.25, 0.3) is 11.8 Å². The second kappa shape index (κ2) is 10.6. The summed E-state index contributed by atoms with van der Waals surface area (Å²) in [6, 6.07) is 8.66. The van der Waals surface area contributed by atoms with E-state index in [2.05, 4.69) is 20.9 Å². The number of ether oxygens (including phenoxy) is 2. The maximum absolute atomic E-state index is 12.5. The first kappa shape index (κ1) is 24.6. The van der Waals surface area contributed by atoms with Crippen LogP contribution in [0.2, 0.25) is 0 Å². The van der Waals surface area contributed by atoms with Gasteiger partial charge in [0.15, 0.2) is 11.5 Å². The van der Waals surface area contributed by atoms with Gasteiger partial charge in [-0.2, -0.15) is 4.72 Å². The van der Waals surface area contributed by atoms with E-state index in [0.717, 1.165) is 0 Å². The molecule has 2 aromatic carbocycles. The first-order valence-corrected chi connectivity index (χ1v) is 10.8. The summed E-state index contributed by atoms with van der Waals surface area (Å²) in [4.78, 5) is 35.5. The molecule has 0 aliphatic heterocycles. The minimum atomic E-state index is -4.02. The van der Waals surface area contributed by atoms with Crippen LogP contribution in [0.3, 0.4) is 0 Å².